The van der Waals surface area contributed by atoms with Crippen molar-refractivity contribution in [2.24, 2.45) is 0 Å². The van der Waals surface area contributed by atoms with Crippen molar-refractivity contribution in [2.45, 2.75) is 45.3 Å². The van der Waals surface area contributed by atoms with Crippen LogP contribution in [0.15, 0.2) is 18.2 Å². The SMILES string of the molecule is CCCCn1nnnc1C(C)(CN(CC(=O)OC)S(C)(=O)=O)NCc1ccc2c(c1)OCO2. The van der Waals surface area contributed by atoms with Gasteiger partial charge in [0.15, 0.2) is 17.3 Å². The third-order valence-electron chi connectivity index (χ3n) is 5.36. The number of carbonyl (C=O) groups excluding carboxylic acids is 1. The van der Waals surface area contributed by atoms with E-state index in [0.717, 1.165) is 29.0 Å². The van der Waals surface area contributed by atoms with Crippen LogP contribution in [0.2, 0.25) is 0 Å². The second-order valence-electron chi connectivity index (χ2n) is 8.06. The van der Waals surface area contributed by atoms with Crippen molar-refractivity contribution >= 4 is 16.0 Å². The van der Waals surface area contributed by atoms with E-state index in [1.54, 1.807) is 4.68 Å². The van der Waals surface area contributed by atoms with Gasteiger partial charge in [0.25, 0.3) is 0 Å². The Hall–Kier alpha value is -2.77. The topological polar surface area (TPSA) is 138 Å². The molecule has 1 aliphatic rings. The Morgan fingerprint density at radius 2 is 2.09 bits per heavy atom. The molecule has 13 heteroatoms. The molecular weight excluding hydrogens is 452 g/mol. The van der Waals surface area contributed by atoms with Gasteiger partial charge in [-0.1, -0.05) is 19.4 Å². The van der Waals surface area contributed by atoms with Gasteiger partial charge in [0, 0.05) is 19.6 Å². The molecule has 0 bridgehead atoms. The molecule has 2 aromatic rings. The van der Waals surface area contributed by atoms with E-state index >= 15 is 0 Å². The fourth-order valence-corrected chi connectivity index (χ4v) is 4.30. The lowest BCUT2D eigenvalue weighted by Gasteiger charge is -2.34. The number of nitrogens with zero attached hydrogens (tertiary/aromatic N) is 5. The standard InChI is InChI=1S/C20H30N6O6S/c1-5-6-9-26-19(22-23-24-26)20(2,13-25(33(4,28)29)12-18(27)30-3)21-11-15-7-8-16-17(10-15)32-14-31-16/h7-8,10,21H,5-6,9,11-14H2,1-4H3. The number of hydrogen-bond acceptors (Lipinski definition) is 10. The number of esters is 1. The van der Waals surface area contributed by atoms with E-state index in [1.165, 1.54) is 7.11 Å². The summed E-state index contributed by atoms with van der Waals surface area (Å²) in [5, 5.41) is 15.5. The van der Waals surface area contributed by atoms with Crippen LogP contribution < -0.4 is 14.8 Å². The van der Waals surface area contributed by atoms with Crippen LogP contribution >= 0.6 is 0 Å². The average molecular weight is 483 g/mol. The molecule has 1 aromatic carbocycles. The number of carbonyl (C=O) groups is 1. The molecule has 1 aliphatic heterocycles. The molecule has 33 heavy (non-hydrogen) atoms. The summed E-state index contributed by atoms with van der Waals surface area (Å²) >= 11 is 0. The molecule has 1 unspecified atom stereocenters. The van der Waals surface area contributed by atoms with Crippen molar-refractivity contribution in [1.29, 1.82) is 0 Å². The van der Waals surface area contributed by atoms with E-state index in [-0.39, 0.29) is 13.3 Å². The minimum absolute atomic E-state index is 0.0853. The van der Waals surface area contributed by atoms with Gasteiger partial charge in [0.1, 0.15) is 6.54 Å². The number of aromatic nitrogens is 4. The maximum absolute atomic E-state index is 12.5. The number of ether oxygens (including phenoxy) is 3. The molecule has 1 N–H and O–H groups in total. The first-order valence-corrected chi connectivity index (χ1v) is 12.4. The first-order chi connectivity index (χ1) is 15.7. The van der Waals surface area contributed by atoms with Crippen LogP contribution in [0.5, 0.6) is 11.5 Å². The van der Waals surface area contributed by atoms with E-state index < -0.39 is 28.1 Å². The highest BCUT2D eigenvalue weighted by Crippen LogP contribution is 2.33. The van der Waals surface area contributed by atoms with Gasteiger partial charge in [-0.2, -0.15) is 4.31 Å². The van der Waals surface area contributed by atoms with Gasteiger partial charge in [-0.3, -0.25) is 10.1 Å². The summed E-state index contributed by atoms with van der Waals surface area (Å²) in [7, 11) is -2.52. The molecule has 2 heterocycles. The second kappa shape index (κ2) is 10.4. The first-order valence-electron chi connectivity index (χ1n) is 10.6. The lowest BCUT2D eigenvalue weighted by Crippen LogP contribution is -2.52. The van der Waals surface area contributed by atoms with Crippen LogP contribution in [-0.4, -0.2) is 72.1 Å². The molecule has 0 radical (unpaired) electrons. The molecule has 0 aliphatic carbocycles. The maximum atomic E-state index is 12.5. The fraction of sp³-hybridized carbons (Fsp3) is 0.600. The number of aryl methyl sites for hydroxylation is 1. The predicted octanol–water partition coefficient (Wildman–Crippen LogP) is 0.642. The summed E-state index contributed by atoms with van der Waals surface area (Å²) in [5.41, 5.74) is -0.123. The quantitative estimate of drug-likeness (QED) is 0.429. The van der Waals surface area contributed by atoms with E-state index in [1.807, 2.05) is 25.1 Å². The van der Waals surface area contributed by atoms with Crippen molar-refractivity contribution in [2.75, 3.05) is 33.2 Å². The highest BCUT2D eigenvalue weighted by molar-refractivity contribution is 7.88. The van der Waals surface area contributed by atoms with Crippen LogP contribution in [0.4, 0.5) is 0 Å². The third-order valence-corrected chi connectivity index (χ3v) is 6.56. The minimum Gasteiger partial charge on any atom is -0.468 e. The second-order valence-corrected chi connectivity index (χ2v) is 10.0. The normalized spacial score (nSPS) is 14.9. The van der Waals surface area contributed by atoms with Gasteiger partial charge < -0.3 is 14.2 Å². The highest BCUT2D eigenvalue weighted by Gasteiger charge is 2.38. The van der Waals surface area contributed by atoms with Crippen LogP contribution in [0.1, 0.15) is 38.1 Å². The average Bonchev–Trinajstić information content (AvgIpc) is 3.44. The molecule has 1 aromatic heterocycles. The number of hydrogen-bond donors (Lipinski definition) is 1. The number of sulfonamides is 1. The number of rotatable bonds is 12. The van der Waals surface area contributed by atoms with Crippen LogP contribution in [0, 0.1) is 0 Å². The summed E-state index contributed by atoms with van der Waals surface area (Å²) in [6.45, 7) is 4.48. The molecule has 3 rings (SSSR count). The summed E-state index contributed by atoms with van der Waals surface area (Å²) in [6.07, 6.45) is 2.85. The summed E-state index contributed by atoms with van der Waals surface area (Å²) < 4.78 is 43.2. The molecule has 1 atom stereocenters. The molecular formula is C20H30N6O6S. The van der Waals surface area contributed by atoms with E-state index in [0.29, 0.717) is 30.4 Å². The fourth-order valence-electron chi connectivity index (χ4n) is 3.46. The van der Waals surface area contributed by atoms with Crippen LogP contribution in [-0.2, 0) is 38.2 Å². The number of tetrazole rings is 1. The Labute approximate surface area is 193 Å². The summed E-state index contributed by atoms with van der Waals surface area (Å²) in [4.78, 5) is 11.9. The highest BCUT2D eigenvalue weighted by atomic mass is 32.2. The van der Waals surface area contributed by atoms with Gasteiger partial charge in [-0.15, -0.1) is 5.10 Å². The number of fused-ring (bicyclic) bond motifs is 1. The van der Waals surface area contributed by atoms with Crippen LogP contribution in [0.3, 0.4) is 0 Å². The van der Waals surface area contributed by atoms with E-state index in [9.17, 15) is 13.2 Å². The van der Waals surface area contributed by atoms with Gasteiger partial charge in [-0.05, 0) is 41.5 Å². The maximum Gasteiger partial charge on any atom is 0.321 e. The van der Waals surface area contributed by atoms with Crippen LogP contribution in [0.25, 0.3) is 0 Å². The monoisotopic (exact) mass is 482 g/mol. The zero-order valence-corrected chi connectivity index (χ0v) is 20.1. The van der Waals surface area contributed by atoms with Gasteiger partial charge >= 0.3 is 5.97 Å². The van der Waals surface area contributed by atoms with Crippen molar-refractivity contribution in [1.82, 2.24) is 29.8 Å². The molecule has 0 spiro atoms. The smallest absolute Gasteiger partial charge is 0.321 e. The van der Waals surface area contributed by atoms with Gasteiger partial charge in [0.2, 0.25) is 16.8 Å². The molecule has 0 fully saturated rings. The molecule has 0 amide bonds. The Bertz CT molecular complexity index is 1070. The minimum atomic E-state index is -3.74. The van der Waals surface area contributed by atoms with Crippen molar-refractivity contribution in [3.05, 3.63) is 29.6 Å². The first kappa shape index (κ1) is 24.9. The largest absolute Gasteiger partial charge is 0.468 e. The van der Waals surface area contributed by atoms with Crippen molar-refractivity contribution in [3.8, 4) is 11.5 Å². The summed E-state index contributed by atoms with van der Waals surface area (Å²) in [6, 6.07) is 5.57. The van der Waals surface area contributed by atoms with Gasteiger partial charge in [-0.25, -0.2) is 13.1 Å². The zero-order chi connectivity index (χ0) is 24.1. The lowest BCUT2D eigenvalue weighted by molar-refractivity contribution is -0.140. The van der Waals surface area contributed by atoms with Gasteiger partial charge in [0.05, 0.1) is 18.9 Å². The Kier molecular flexibility index (Phi) is 7.87. The molecule has 0 saturated carbocycles. The number of nitrogens with one attached hydrogen (secondary N) is 1. The van der Waals surface area contributed by atoms with Crippen molar-refractivity contribution < 1.29 is 27.4 Å². The molecule has 0 saturated heterocycles. The number of methoxy groups -OCH3 is 1. The predicted molar refractivity (Wildman–Crippen MR) is 118 cm³/mol. The molecule has 12 nitrogen and oxygen atoms in total. The zero-order valence-electron chi connectivity index (χ0n) is 19.3. The number of benzene rings is 1. The van der Waals surface area contributed by atoms with Crippen molar-refractivity contribution in [3.63, 3.8) is 0 Å². The Morgan fingerprint density at radius 1 is 1.33 bits per heavy atom. The lowest BCUT2D eigenvalue weighted by atomic mass is 10.00. The van der Waals surface area contributed by atoms with E-state index in [4.69, 9.17) is 14.2 Å². The van der Waals surface area contributed by atoms with E-state index in [2.05, 4.69) is 27.8 Å². The Balaban J connectivity index is 1.91. The number of unbranched alkanes of at least 4 members (excludes halogenated alkanes) is 1. The Morgan fingerprint density at radius 3 is 2.79 bits per heavy atom. The summed E-state index contributed by atoms with van der Waals surface area (Å²) in [5.74, 6) is 1.12. The molecule has 182 valence electrons. The third kappa shape index (κ3) is 6.18.